The summed E-state index contributed by atoms with van der Waals surface area (Å²) in [5, 5.41) is 3.56. The minimum atomic E-state index is 0.0432. The fourth-order valence-corrected chi connectivity index (χ4v) is 1.38. The van der Waals surface area contributed by atoms with E-state index in [1.54, 1.807) is 7.05 Å². The Balaban J connectivity index is 3.12. The average molecular weight is 228 g/mol. The standard InChI is InChI=1S/C9H16N4OS/c1-5(2)14-8-6(10)7(11-3)12-9(13-8)15-4/h5H,10H2,1-4H3,(H,11,12,13). The van der Waals surface area contributed by atoms with E-state index in [1.807, 2.05) is 20.1 Å². The Morgan fingerprint density at radius 1 is 1.40 bits per heavy atom. The maximum atomic E-state index is 5.84. The van der Waals surface area contributed by atoms with Crippen molar-refractivity contribution >= 4 is 23.3 Å². The molecule has 0 fully saturated rings. The van der Waals surface area contributed by atoms with Gasteiger partial charge >= 0.3 is 0 Å². The fraction of sp³-hybridized carbons (Fsp3) is 0.556. The minimum absolute atomic E-state index is 0.0432. The van der Waals surface area contributed by atoms with Crippen LogP contribution < -0.4 is 15.8 Å². The van der Waals surface area contributed by atoms with E-state index in [4.69, 9.17) is 10.5 Å². The molecule has 15 heavy (non-hydrogen) atoms. The topological polar surface area (TPSA) is 73.1 Å². The van der Waals surface area contributed by atoms with Gasteiger partial charge in [-0.1, -0.05) is 11.8 Å². The molecule has 0 atom stereocenters. The molecule has 0 saturated carbocycles. The first-order valence-corrected chi connectivity index (χ1v) is 5.86. The first-order chi connectivity index (χ1) is 7.08. The van der Waals surface area contributed by atoms with Crippen molar-refractivity contribution in [1.82, 2.24) is 9.97 Å². The van der Waals surface area contributed by atoms with Gasteiger partial charge in [0, 0.05) is 7.05 Å². The monoisotopic (exact) mass is 228 g/mol. The fourth-order valence-electron chi connectivity index (χ4n) is 1.02. The van der Waals surface area contributed by atoms with E-state index in [1.165, 1.54) is 11.8 Å². The van der Waals surface area contributed by atoms with Crippen LogP contribution in [0.15, 0.2) is 5.16 Å². The summed E-state index contributed by atoms with van der Waals surface area (Å²) in [6.45, 7) is 3.86. The molecule has 0 aliphatic carbocycles. The van der Waals surface area contributed by atoms with Crippen LogP contribution in [0.3, 0.4) is 0 Å². The lowest BCUT2D eigenvalue weighted by Crippen LogP contribution is -2.11. The van der Waals surface area contributed by atoms with Crippen LogP contribution in [0.25, 0.3) is 0 Å². The molecule has 5 nitrogen and oxygen atoms in total. The predicted molar refractivity (Wildman–Crippen MR) is 63.5 cm³/mol. The zero-order chi connectivity index (χ0) is 11.4. The maximum Gasteiger partial charge on any atom is 0.243 e. The lowest BCUT2D eigenvalue weighted by Gasteiger charge is -2.13. The lowest BCUT2D eigenvalue weighted by molar-refractivity contribution is 0.232. The van der Waals surface area contributed by atoms with Crippen LogP contribution in [-0.4, -0.2) is 29.4 Å². The van der Waals surface area contributed by atoms with Gasteiger partial charge in [0.1, 0.15) is 5.69 Å². The van der Waals surface area contributed by atoms with Crippen LogP contribution in [0.4, 0.5) is 11.5 Å². The van der Waals surface area contributed by atoms with Crippen molar-refractivity contribution in [3.05, 3.63) is 0 Å². The number of nitrogen functional groups attached to an aromatic ring is 1. The van der Waals surface area contributed by atoms with E-state index >= 15 is 0 Å². The van der Waals surface area contributed by atoms with Crippen LogP contribution in [0.2, 0.25) is 0 Å². The number of rotatable bonds is 4. The molecule has 0 aromatic carbocycles. The van der Waals surface area contributed by atoms with Crippen LogP contribution >= 0.6 is 11.8 Å². The predicted octanol–water partition coefficient (Wildman–Crippen LogP) is 1.61. The van der Waals surface area contributed by atoms with Crippen LogP contribution in [0.1, 0.15) is 13.8 Å². The first-order valence-electron chi connectivity index (χ1n) is 4.64. The second kappa shape index (κ2) is 5.06. The highest BCUT2D eigenvalue weighted by atomic mass is 32.2. The summed E-state index contributed by atoms with van der Waals surface area (Å²) in [6, 6.07) is 0. The number of nitrogens with two attached hydrogens (primary N) is 1. The lowest BCUT2D eigenvalue weighted by atomic mass is 10.4. The van der Waals surface area contributed by atoms with E-state index in [9.17, 15) is 0 Å². The number of nitrogens with zero attached hydrogens (tertiary/aromatic N) is 2. The van der Waals surface area contributed by atoms with Gasteiger partial charge in [-0.15, -0.1) is 0 Å². The summed E-state index contributed by atoms with van der Waals surface area (Å²) in [6.07, 6.45) is 1.95. The second-order valence-electron chi connectivity index (χ2n) is 3.19. The molecular formula is C9H16N4OS. The number of thioether (sulfide) groups is 1. The molecule has 0 bridgehead atoms. The molecule has 0 radical (unpaired) electrons. The van der Waals surface area contributed by atoms with E-state index in [0.717, 1.165) is 0 Å². The van der Waals surface area contributed by atoms with E-state index < -0.39 is 0 Å². The van der Waals surface area contributed by atoms with Crippen molar-refractivity contribution in [1.29, 1.82) is 0 Å². The van der Waals surface area contributed by atoms with E-state index in [0.29, 0.717) is 22.5 Å². The summed E-state index contributed by atoms with van der Waals surface area (Å²) < 4.78 is 5.50. The van der Waals surface area contributed by atoms with Crippen molar-refractivity contribution in [2.24, 2.45) is 0 Å². The Hall–Kier alpha value is -1.17. The van der Waals surface area contributed by atoms with Gasteiger partial charge in [0.2, 0.25) is 5.88 Å². The molecule has 1 aromatic heterocycles. The third-order valence-corrected chi connectivity index (χ3v) is 2.20. The smallest absolute Gasteiger partial charge is 0.243 e. The number of nitrogens with one attached hydrogen (secondary N) is 1. The van der Waals surface area contributed by atoms with Gasteiger partial charge in [-0.3, -0.25) is 0 Å². The normalized spacial score (nSPS) is 10.5. The van der Waals surface area contributed by atoms with Gasteiger partial charge in [-0.25, -0.2) is 4.98 Å². The van der Waals surface area contributed by atoms with Gasteiger partial charge in [0.15, 0.2) is 11.0 Å². The molecular weight excluding hydrogens is 212 g/mol. The van der Waals surface area contributed by atoms with Gasteiger partial charge in [-0.2, -0.15) is 4.98 Å². The second-order valence-corrected chi connectivity index (χ2v) is 3.97. The quantitative estimate of drug-likeness (QED) is 0.602. The summed E-state index contributed by atoms with van der Waals surface area (Å²) in [7, 11) is 1.77. The summed E-state index contributed by atoms with van der Waals surface area (Å²) in [4.78, 5) is 8.42. The number of ether oxygens (including phenoxy) is 1. The van der Waals surface area contributed by atoms with Crippen LogP contribution in [0.5, 0.6) is 5.88 Å². The molecule has 6 heteroatoms. The van der Waals surface area contributed by atoms with E-state index in [2.05, 4.69) is 15.3 Å². The molecule has 0 aliphatic rings. The molecule has 1 aromatic rings. The molecule has 0 spiro atoms. The van der Waals surface area contributed by atoms with Crippen molar-refractivity contribution in [2.75, 3.05) is 24.4 Å². The van der Waals surface area contributed by atoms with Crippen molar-refractivity contribution < 1.29 is 4.74 Å². The molecule has 0 amide bonds. The Kier molecular flexibility index (Phi) is 4.02. The molecule has 0 aliphatic heterocycles. The number of hydrogen-bond donors (Lipinski definition) is 2. The molecule has 0 unspecified atom stereocenters. The Labute approximate surface area is 93.8 Å². The third kappa shape index (κ3) is 2.89. The summed E-state index contributed by atoms with van der Waals surface area (Å²) >= 11 is 1.45. The maximum absolute atomic E-state index is 5.84. The SMILES string of the molecule is CNc1nc(SC)nc(OC(C)C)c1N. The van der Waals surface area contributed by atoms with Crippen molar-refractivity contribution in [3.63, 3.8) is 0 Å². The Morgan fingerprint density at radius 2 is 2.07 bits per heavy atom. The van der Waals surface area contributed by atoms with E-state index in [-0.39, 0.29) is 6.10 Å². The molecule has 84 valence electrons. The summed E-state index contributed by atoms with van der Waals surface area (Å²) in [5.41, 5.74) is 6.29. The highest BCUT2D eigenvalue weighted by Crippen LogP contribution is 2.28. The zero-order valence-electron chi connectivity index (χ0n) is 9.37. The molecule has 0 saturated heterocycles. The number of anilines is 2. The minimum Gasteiger partial charge on any atom is -0.473 e. The molecule has 1 rings (SSSR count). The molecule has 3 N–H and O–H groups in total. The first kappa shape index (κ1) is 11.9. The van der Waals surface area contributed by atoms with Crippen molar-refractivity contribution in [2.45, 2.75) is 25.1 Å². The van der Waals surface area contributed by atoms with Gasteiger partial charge in [0.25, 0.3) is 0 Å². The summed E-state index contributed by atoms with van der Waals surface area (Å²) in [5.74, 6) is 1.04. The Morgan fingerprint density at radius 3 is 2.53 bits per heavy atom. The van der Waals surface area contributed by atoms with Gasteiger partial charge in [0.05, 0.1) is 6.10 Å². The van der Waals surface area contributed by atoms with Crippen LogP contribution in [-0.2, 0) is 0 Å². The van der Waals surface area contributed by atoms with Gasteiger partial charge in [-0.05, 0) is 20.1 Å². The van der Waals surface area contributed by atoms with Crippen LogP contribution in [0, 0.1) is 0 Å². The Bertz CT molecular complexity index is 343. The highest BCUT2D eigenvalue weighted by molar-refractivity contribution is 7.98. The largest absolute Gasteiger partial charge is 0.473 e. The van der Waals surface area contributed by atoms with Gasteiger partial charge < -0.3 is 15.8 Å². The number of aromatic nitrogens is 2. The van der Waals surface area contributed by atoms with Crippen molar-refractivity contribution in [3.8, 4) is 5.88 Å². The zero-order valence-corrected chi connectivity index (χ0v) is 10.2. The third-order valence-electron chi connectivity index (χ3n) is 1.66. The molecule has 1 heterocycles. The average Bonchev–Trinajstić information content (AvgIpc) is 2.20. The highest BCUT2D eigenvalue weighted by Gasteiger charge is 2.12. The number of hydrogen-bond acceptors (Lipinski definition) is 6.